The van der Waals surface area contributed by atoms with E-state index in [-0.39, 0.29) is 12.2 Å². The van der Waals surface area contributed by atoms with E-state index in [0.717, 1.165) is 78.4 Å². The molecule has 0 saturated heterocycles. The molecule has 10 heteroatoms. The maximum atomic E-state index is 13.0. The Balaban J connectivity index is 1.23. The number of rotatable bonds is 6. The van der Waals surface area contributed by atoms with Gasteiger partial charge in [0.2, 0.25) is 6.79 Å². The lowest BCUT2D eigenvalue weighted by atomic mass is 9.57. The smallest absolute Gasteiger partial charge is 0.250 e. The summed E-state index contributed by atoms with van der Waals surface area (Å²) >= 11 is 1.26. The molecule has 8 nitrogen and oxygen atoms in total. The Kier molecular flexibility index (Phi) is 5.44. The molecule has 8 rings (SSSR count). The minimum atomic E-state index is -3.52. The van der Waals surface area contributed by atoms with Gasteiger partial charge >= 0.3 is 0 Å². The normalized spacial score (nSPS) is 24.1. The van der Waals surface area contributed by atoms with Crippen LogP contribution in [0, 0.1) is 6.92 Å². The fourth-order valence-corrected chi connectivity index (χ4v) is 8.67. The van der Waals surface area contributed by atoms with Gasteiger partial charge in [0.15, 0.2) is 11.5 Å². The highest BCUT2D eigenvalue weighted by Crippen LogP contribution is 2.54. The fourth-order valence-electron chi connectivity index (χ4n) is 6.19. The van der Waals surface area contributed by atoms with Gasteiger partial charge in [0, 0.05) is 22.2 Å². The molecule has 4 aliphatic rings. The molecule has 4 heterocycles. The number of hydrogen-bond donors (Lipinski definition) is 2. The molecule has 1 aliphatic heterocycles. The van der Waals surface area contributed by atoms with Crippen molar-refractivity contribution in [2.24, 2.45) is 0 Å². The van der Waals surface area contributed by atoms with Crippen LogP contribution in [0.4, 0.5) is 0 Å². The number of imidazole rings is 1. The number of nitrogens with zero attached hydrogens (tertiary/aromatic N) is 2. The standard InChI is InChI=1S/C28H28N4O4S2/c1-18-4-2-5-20(29-18)25-24(19-7-8-21-22(16-19)36-17-35-21)30-26(31-25)27-9-12-28(13-10-27,14-11-27)32-38(33,34)23-6-3-15-37-23/h2-8,15-16,32H,9-14,17H2,1H3,(H,30,31). The SMILES string of the molecule is Cc1cccc(-c2[nH]c(C34CCC(NS(=O)(=O)c5cccs5)(CC3)CC4)nc2-c2ccc3c(c2)OCO3)n1. The second-order valence-electron chi connectivity index (χ2n) is 10.6. The minimum absolute atomic E-state index is 0.122. The molecule has 0 unspecified atom stereocenters. The van der Waals surface area contributed by atoms with Crippen molar-refractivity contribution in [1.82, 2.24) is 19.7 Å². The Bertz CT molecular complexity index is 1600. The summed E-state index contributed by atoms with van der Waals surface area (Å²) < 4.78 is 40.7. The zero-order chi connectivity index (χ0) is 26.0. The molecule has 2 bridgehead atoms. The van der Waals surface area contributed by atoms with Crippen molar-refractivity contribution < 1.29 is 17.9 Å². The van der Waals surface area contributed by atoms with Gasteiger partial charge in [-0.15, -0.1) is 11.3 Å². The van der Waals surface area contributed by atoms with Crippen molar-refractivity contribution in [1.29, 1.82) is 0 Å². The summed E-state index contributed by atoms with van der Waals surface area (Å²) in [5, 5.41) is 1.80. The van der Waals surface area contributed by atoms with Crippen LogP contribution in [0.1, 0.15) is 50.0 Å². The zero-order valence-electron chi connectivity index (χ0n) is 21.0. The molecule has 3 fully saturated rings. The summed E-state index contributed by atoms with van der Waals surface area (Å²) in [6.45, 7) is 2.21. The van der Waals surface area contributed by atoms with Crippen molar-refractivity contribution >= 4 is 21.4 Å². The highest BCUT2D eigenvalue weighted by atomic mass is 32.2. The largest absolute Gasteiger partial charge is 0.454 e. The Morgan fingerprint density at radius 1 is 0.947 bits per heavy atom. The number of aryl methyl sites for hydroxylation is 1. The third-order valence-corrected chi connectivity index (χ3v) is 11.3. The van der Waals surface area contributed by atoms with Gasteiger partial charge < -0.3 is 14.5 Å². The maximum absolute atomic E-state index is 13.0. The molecule has 0 spiro atoms. The average molecular weight is 549 g/mol. The Morgan fingerprint density at radius 3 is 2.47 bits per heavy atom. The predicted octanol–water partition coefficient (Wildman–Crippen LogP) is 5.56. The van der Waals surface area contributed by atoms with E-state index in [1.54, 1.807) is 17.5 Å². The van der Waals surface area contributed by atoms with E-state index in [2.05, 4.69) is 9.71 Å². The molecule has 3 saturated carbocycles. The molecule has 38 heavy (non-hydrogen) atoms. The van der Waals surface area contributed by atoms with Crippen molar-refractivity contribution in [2.45, 2.75) is 60.6 Å². The van der Waals surface area contributed by atoms with Crippen LogP contribution in [0.3, 0.4) is 0 Å². The number of sulfonamides is 1. The van der Waals surface area contributed by atoms with Gasteiger partial charge in [-0.3, -0.25) is 4.98 Å². The molecule has 2 N–H and O–H groups in total. The number of H-pyrrole nitrogens is 1. The lowest BCUT2D eigenvalue weighted by molar-refractivity contribution is 0.0894. The van der Waals surface area contributed by atoms with Gasteiger partial charge in [-0.05, 0) is 87.2 Å². The van der Waals surface area contributed by atoms with Gasteiger partial charge in [-0.2, -0.15) is 0 Å². The zero-order valence-corrected chi connectivity index (χ0v) is 22.6. The summed E-state index contributed by atoms with van der Waals surface area (Å²) in [5.41, 5.74) is 3.94. The number of pyridine rings is 1. The number of fused-ring (bicyclic) bond motifs is 4. The fraction of sp³-hybridized carbons (Fsp3) is 0.357. The van der Waals surface area contributed by atoms with Gasteiger partial charge in [0.25, 0.3) is 10.0 Å². The summed E-state index contributed by atoms with van der Waals surface area (Å²) in [5.74, 6) is 2.41. The van der Waals surface area contributed by atoms with E-state index in [1.807, 2.05) is 43.3 Å². The first-order valence-electron chi connectivity index (χ1n) is 12.9. The third-order valence-electron chi connectivity index (χ3n) is 8.35. The van der Waals surface area contributed by atoms with Crippen LogP contribution < -0.4 is 14.2 Å². The molecule has 3 aromatic heterocycles. The van der Waals surface area contributed by atoms with Crippen LogP contribution in [-0.2, 0) is 15.4 Å². The quantitative estimate of drug-likeness (QED) is 0.327. The average Bonchev–Trinajstić information content (AvgIpc) is 3.70. The molecular formula is C28H28N4O4S2. The molecule has 0 amide bonds. The van der Waals surface area contributed by atoms with E-state index >= 15 is 0 Å². The van der Waals surface area contributed by atoms with Crippen LogP contribution in [0.5, 0.6) is 11.5 Å². The Morgan fingerprint density at radius 2 is 1.74 bits per heavy atom. The first-order chi connectivity index (χ1) is 18.3. The van der Waals surface area contributed by atoms with Crippen molar-refractivity contribution in [3.63, 3.8) is 0 Å². The van der Waals surface area contributed by atoms with Gasteiger partial charge in [0.1, 0.15) is 10.0 Å². The Labute approximate surface area is 225 Å². The van der Waals surface area contributed by atoms with E-state index < -0.39 is 15.6 Å². The summed E-state index contributed by atoms with van der Waals surface area (Å²) in [6.07, 6.45) is 4.97. The number of benzene rings is 1. The van der Waals surface area contributed by atoms with E-state index in [1.165, 1.54) is 11.3 Å². The van der Waals surface area contributed by atoms with Crippen LogP contribution in [-0.4, -0.2) is 35.7 Å². The number of thiophene rings is 1. The highest BCUT2D eigenvalue weighted by Gasteiger charge is 2.52. The molecule has 0 atom stereocenters. The highest BCUT2D eigenvalue weighted by molar-refractivity contribution is 7.91. The monoisotopic (exact) mass is 548 g/mol. The summed E-state index contributed by atoms with van der Waals surface area (Å²) in [4.78, 5) is 13.7. The molecule has 196 valence electrons. The molecular weight excluding hydrogens is 520 g/mol. The van der Waals surface area contributed by atoms with E-state index in [9.17, 15) is 8.42 Å². The Hall–Kier alpha value is -3.21. The van der Waals surface area contributed by atoms with Crippen LogP contribution in [0.25, 0.3) is 22.6 Å². The first-order valence-corrected chi connectivity index (χ1v) is 15.2. The number of ether oxygens (including phenoxy) is 2. The van der Waals surface area contributed by atoms with Crippen molar-refractivity contribution in [2.75, 3.05) is 6.79 Å². The predicted molar refractivity (Wildman–Crippen MR) is 145 cm³/mol. The second kappa shape index (κ2) is 8.65. The first kappa shape index (κ1) is 23.9. The van der Waals surface area contributed by atoms with Gasteiger partial charge in [-0.25, -0.2) is 18.1 Å². The second-order valence-corrected chi connectivity index (χ2v) is 13.5. The van der Waals surface area contributed by atoms with E-state index in [4.69, 9.17) is 19.4 Å². The van der Waals surface area contributed by atoms with Crippen molar-refractivity contribution in [3.8, 4) is 34.1 Å². The number of nitrogens with one attached hydrogen (secondary N) is 2. The molecule has 0 radical (unpaired) electrons. The van der Waals surface area contributed by atoms with E-state index in [0.29, 0.717) is 9.96 Å². The molecule has 3 aliphatic carbocycles. The van der Waals surface area contributed by atoms with Crippen LogP contribution >= 0.6 is 11.3 Å². The van der Waals surface area contributed by atoms with Gasteiger partial charge in [-0.1, -0.05) is 12.1 Å². The lowest BCUT2D eigenvalue weighted by Gasteiger charge is -2.52. The maximum Gasteiger partial charge on any atom is 0.250 e. The number of aromatic amines is 1. The lowest BCUT2D eigenvalue weighted by Crippen LogP contribution is -2.57. The molecule has 4 aromatic rings. The number of hydrogen-bond acceptors (Lipinski definition) is 7. The summed E-state index contributed by atoms with van der Waals surface area (Å²) in [7, 11) is -3.52. The summed E-state index contributed by atoms with van der Waals surface area (Å²) in [6, 6.07) is 15.4. The molecule has 1 aromatic carbocycles. The van der Waals surface area contributed by atoms with Crippen LogP contribution in [0.15, 0.2) is 58.1 Å². The third kappa shape index (κ3) is 3.93. The minimum Gasteiger partial charge on any atom is -0.454 e. The topological polar surface area (TPSA) is 106 Å². The van der Waals surface area contributed by atoms with Gasteiger partial charge in [0.05, 0.1) is 17.1 Å². The van der Waals surface area contributed by atoms with Crippen molar-refractivity contribution in [3.05, 3.63) is 65.4 Å². The number of aromatic nitrogens is 3. The van der Waals surface area contributed by atoms with Crippen LogP contribution in [0.2, 0.25) is 0 Å².